The Morgan fingerprint density at radius 1 is 1.00 bits per heavy atom. The van der Waals surface area contributed by atoms with Crippen molar-refractivity contribution in [3.8, 4) is 0 Å². The molecule has 0 unspecified atom stereocenters. The molecule has 2 rings (SSSR count). The zero-order valence-corrected chi connectivity index (χ0v) is 11.0. The van der Waals surface area contributed by atoms with E-state index < -0.39 is 0 Å². The molecule has 1 aromatic rings. The second-order valence-corrected chi connectivity index (χ2v) is 5.12. The van der Waals surface area contributed by atoms with Crippen LogP contribution in [0.25, 0.3) is 0 Å². The standard InChI is InChI=1S/C14H23N3/c1-10-13(9-15)11(2)17-14(16-10)12-7-5-3-4-6-8-12/h12H,3-9,15H2,1-2H3. The van der Waals surface area contributed by atoms with Gasteiger partial charge in [0, 0.05) is 29.4 Å². The van der Waals surface area contributed by atoms with Crippen LogP contribution in [0.4, 0.5) is 0 Å². The van der Waals surface area contributed by atoms with Crippen molar-refractivity contribution in [3.63, 3.8) is 0 Å². The van der Waals surface area contributed by atoms with Crippen molar-refractivity contribution < 1.29 is 0 Å². The van der Waals surface area contributed by atoms with E-state index in [4.69, 9.17) is 5.73 Å². The Labute approximate surface area is 104 Å². The van der Waals surface area contributed by atoms with Gasteiger partial charge in [-0.15, -0.1) is 0 Å². The van der Waals surface area contributed by atoms with Crippen molar-refractivity contribution in [2.24, 2.45) is 5.73 Å². The Kier molecular flexibility index (Phi) is 4.11. The van der Waals surface area contributed by atoms with Gasteiger partial charge in [0.1, 0.15) is 5.82 Å². The van der Waals surface area contributed by atoms with Crippen LogP contribution in [0.1, 0.15) is 67.2 Å². The van der Waals surface area contributed by atoms with E-state index in [0.29, 0.717) is 12.5 Å². The predicted octanol–water partition coefficient (Wildman–Crippen LogP) is 2.99. The van der Waals surface area contributed by atoms with Crippen molar-refractivity contribution in [2.45, 2.75) is 64.8 Å². The van der Waals surface area contributed by atoms with Gasteiger partial charge in [-0.1, -0.05) is 25.7 Å². The second kappa shape index (κ2) is 5.58. The maximum atomic E-state index is 5.73. The summed E-state index contributed by atoms with van der Waals surface area (Å²) in [5, 5.41) is 0. The lowest BCUT2D eigenvalue weighted by atomic mass is 9.99. The monoisotopic (exact) mass is 233 g/mol. The van der Waals surface area contributed by atoms with E-state index >= 15 is 0 Å². The van der Waals surface area contributed by atoms with Gasteiger partial charge in [0.2, 0.25) is 0 Å². The molecule has 17 heavy (non-hydrogen) atoms. The van der Waals surface area contributed by atoms with E-state index in [1.807, 2.05) is 0 Å². The Bertz CT molecular complexity index is 356. The summed E-state index contributed by atoms with van der Waals surface area (Å²) in [6.45, 7) is 4.65. The van der Waals surface area contributed by atoms with E-state index in [9.17, 15) is 0 Å². The number of nitrogens with zero attached hydrogens (tertiary/aromatic N) is 2. The minimum atomic E-state index is 0.544. The number of nitrogens with two attached hydrogens (primary N) is 1. The fraction of sp³-hybridized carbons (Fsp3) is 0.714. The van der Waals surface area contributed by atoms with Gasteiger partial charge in [-0.05, 0) is 26.7 Å². The maximum absolute atomic E-state index is 5.73. The largest absolute Gasteiger partial charge is 0.326 e. The molecule has 0 bridgehead atoms. The van der Waals surface area contributed by atoms with Crippen molar-refractivity contribution in [2.75, 3.05) is 0 Å². The van der Waals surface area contributed by atoms with E-state index in [1.165, 1.54) is 38.5 Å². The third-order valence-corrected chi connectivity index (χ3v) is 3.86. The highest BCUT2D eigenvalue weighted by Crippen LogP contribution is 2.30. The first-order valence-corrected chi connectivity index (χ1v) is 6.76. The van der Waals surface area contributed by atoms with Crippen LogP contribution >= 0.6 is 0 Å². The van der Waals surface area contributed by atoms with Crippen LogP contribution in [-0.2, 0) is 6.54 Å². The molecular weight excluding hydrogens is 210 g/mol. The molecule has 0 spiro atoms. The molecule has 0 saturated heterocycles. The fourth-order valence-electron chi connectivity index (χ4n) is 2.78. The summed E-state index contributed by atoms with van der Waals surface area (Å²) in [5.41, 5.74) is 8.98. The highest BCUT2D eigenvalue weighted by Gasteiger charge is 2.18. The zero-order valence-electron chi connectivity index (χ0n) is 11.0. The van der Waals surface area contributed by atoms with Crippen LogP contribution < -0.4 is 5.73 Å². The highest BCUT2D eigenvalue weighted by atomic mass is 14.9. The van der Waals surface area contributed by atoms with Crippen LogP contribution in [0.5, 0.6) is 0 Å². The Hall–Kier alpha value is -0.960. The van der Waals surface area contributed by atoms with Crippen molar-refractivity contribution >= 4 is 0 Å². The minimum Gasteiger partial charge on any atom is -0.326 e. The first kappa shape index (κ1) is 12.5. The smallest absolute Gasteiger partial charge is 0.131 e. The Balaban J connectivity index is 2.26. The van der Waals surface area contributed by atoms with Crippen LogP contribution in [0.3, 0.4) is 0 Å². The first-order valence-electron chi connectivity index (χ1n) is 6.76. The highest BCUT2D eigenvalue weighted by molar-refractivity contribution is 5.24. The molecule has 0 aromatic carbocycles. The van der Waals surface area contributed by atoms with E-state index in [0.717, 1.165) is 22.8 Å². The fourth-order valence-corrected chi connectivity index (χ4v) is 2.78. The average Bonchev–Trinajstić information content (AvgIpc) is 2.57. The summed E-state index contributed by atoms with van der Waals surface area (Å²) in [4.78, 5) is 9.36. The van der Waals surface area contributed by atoms with Gasteiger partial charge in [0.15, 0.2) is 0 Å². The normalized spacial score (nSPS) is 18.1. The minimum absolute atomic E-state index is 0.544. The molecule has 94 valence electrons. The van der Waals surface area contributed by atoms with Crippen molar-refractivity contribution in [1.29, 1.82) is 0 Å². The zero-order chi connectivity index (χ0) is 12.3. The topological polar surface area (TPSA) is 51.8 Å². The van der Waals surface area contributed by atoms with Gasteiger partial charge < -0.3 is 5.73 Å². The van der Waals surface area contributed by atoms with Crippen molar-refractivity contribution in [1.82, 2.24) is 9.97 Å². The van der Waals surface area contributed by atoms with Crippen LogP contribution in [0.15, 0.2) is 0 Å². The number of rotatable bonds is 2. The molecule has 3 nitrogen and oxygen atoms in total. The molecule has 0 amide bonds. The molecule has 0 aliphatic heterocycles. The number of aryl methyl sites for hydroxylation is 2. The summed E-state index contributed by atoms with van der Waals surface area (Å²) in [5.74, 6) is 1.63. The molecule has 1 fully saturated rings. The predicted molar refractivity (Wildman–Crippen MR) is 69.8 cm³/mol. The maximum Gasteiger partial charge on any atom is 0.131 e. The van der Waals surface area contributed by atoms with Crippen LogP contribution in [-0.4, -0.2) is 9.97 Å². The molecule has 2 N–H and O–H groups in total. The molecule has 1 aromatic heterocycles. The van der Waals surface area contributed by atoms with E-state index in [2.05, 4.69) is 23.8 Å². The summed E-state index contributed by atoms with van der Waals surface area (Å²) in [6, 6.07) is 0. The lowest BCUT2D eigenvalue weighted by molar-refractivity contribution is 0.555. The molecular formula is C14H23N3. The Morgan fingerprint density at radius 3 is 2.00 bits per heavy atom. The molecule has 1 aliphatic carbocycles. The van der Waals surface area contributed by atoms with Gasteiger partial charge in [-0.3, -0.25) is 0 Å². The molecule has 0 radical (unpaired) electrons. The summed E-state index contributed by atoms with van der Waals surface area (Å²) >= 11 is 0. The second-order valence-electron chi connectivity index (χ2n) is 5.12. The van der Waals surface area contributed by atoms with E-state index in [-0.39, 0.29) is 0 Å². The molecule has 1 heterocycles. The first-order chi connectivity index (χ1) is 8.22. The summed E-state index contributed by atoms with van der Waals surface area (Å²) in [7, 11) is 0. The van der Waals surface area contributed by atoms with Gasteiger partial charge >= 0.3 is 0 Å². The van der Waals surface area contributed by atoms with Gasteiger partial charge in [-0.2, -0.15) is 0 Å². The van der Waals surface area contributed by atoms with Crippen molar-refractivity contribution in [3.05, 3.63) is 22.8 Å². The summed E-state index contributed by atoms with van der Waals surface area (Å²) in [6.07, 6.45) is 7.89. The van der Waals surface area contributed by atoms with Gasteiger partial charge in [0.25, 0.3) is 0 Å². The number of hydrogen-bond donors (Lipinski definition) is 1. The molecule has 0 atom stereocenters. The summed E-state index contributed by atoms with van der Waals surface area (Å²) < 4.78 is 0. The number of aromatic nitrogens is 2. The SMILES string of the molecule is Cc1nc(C2CCCCCC2)nc(C)c1CN. The van der Waals surface area contributed by atoms with Gasteiger partial charge in [0.05, 0.1) is 0 Å². The lowest BCUT2D eigenvalue weighted by Gasteiger charge is -2.15. The van der Waals surface area contributed by atoms with E-state index in [1.54, 1.807) is 0 Å². The van der Waals surface area contributed by atoms with Crippen LogP contribution in [0.2, 0.25) is 0 Å². The van der Waals surface area contributed by atoms with Crippen LogP contribution in [0, 0.1) is 13.8 Å². The quantitative estimate of drug-likeness (QED) is 0.799. The molecule has 1 saturated carbocycles. The Morgan fingerprint density at radius 2 is 1.53 bits per heavy atom. The third-order valence-electron chi connectivity index (χ3n) is 3.86. The van der Waals surface area contributed by atoms with Gasteiger partial charge in [-0.25, -0.2) is 9.97 Å². The molecule has 3 heteroatoms. The molecule has 1 aliphatic rings. The number of hydrogen-bond acceptors (Lipinski definition) is 3. The lowest BCUT2D eigenvalue weighted by Crippen LogP contribution is -2.12. The third kappa shape index (κ3) is 2.83. The average molecular weight is 233 g/mol.